The number of amides is 2. The molecular formula is C18H20ClN3O3. The molecule has 1 aliphatic rings. The summed E-state index contributed by atoms with van der Waals surface area (Å²) in [7, 11) is 0. The van der Waals surface area contributed by atoms with Crippen molar-refractivity contribution in [1.82, 2.24) is 15.2 Å². The summed E-state index contributed by atoms with van der Waals surface area (Å²) in [5.74, 6) is 0.908. The van der Waals surface area contributed by atoms with Crippen molar-refractivity contribution >= 4 is 23.4 Å². The third-order valence-corrected chi connectivity index (χ3v) is 4.61. The summed E-state index contributed by atoms with van der Waals surface area (Å²) in [4.78, 5) is 29.4. The Balaban J connectivity index is 1.69. The highest BCUT2D eigenvalue weighted by Gasteiger charge is 2.33. The van der Waals surface area contributed by atoms with Crippen LogP contribution in [0.5, 0.6) is 0 Å². The lowest BCUT2D eigenvalue weighted by molar-refractivity contribution is -0.133. The number of hydrogen-bond acceptors (Lipinski definition) is 4. The van der Waals surface area contributed by atoms with Crippen molar-refractivity contribution in [3.8, 4) is 0 Å². The predicted molar refractivity (Wildman–Crippen MR) is 93.1 cm³/mol. The molecule has 1 N–H and O–H groups in total. The van der Waals surface area contributed by atoms with Gasteiger partial charge in [0, 0.05) is 24.9 Å². The van der Waals surface area contributed by atoms with E-state index in [4.69, 9.17) is 16.0 Å². The van der Waals surface area contributed by atoms with Crippen LogP contribution < -0.4 is 5.32 Å². The van der Waals surface area contributed by atoms with Crippen LogP contribution in [0.15, 0.2) is 34.9 Å². The first-order valence-electron chi connectivity index (χ1n) is 8.26. The SMILES string of the molecule is CC(=O)NCC(=O)N1CCCC1c1ncc(Cc2ccccc2Cl)o1. The van der Waals surface area contributed by atoms with Gasteiger partial charge >= 0.3 is 0 Å². The van der Waals surface area contributed by atoms with Crippen LogP contribution in [-0.2, 0) is 16.0 Å². The number of aromatic nitrogens is 1. The van der Waals surface area contributed by atoms with Crippen LogP contribution in [-0.4, -0.2) is 34.8 Å². The topological polar surface area (TPSA) is 75.4 Å². The minimum atomic E-state index is -0.220. The molecule has 2 amide bonds. The highest BCUT2D eigenvalue weighted by Crippen LogP contribution is 2.32. The second-order valence-corrected chi connectivity index (χ2v) is 6.50. The summed E-state index contributed by atoms with van der Waals surface area (Å²) in [5, 5.41) is 3.23. The summed E-state index contributed by atoms with van der Waals surface area (Å²) < 4.78 is 5.88. The first-order chi connectivity index (χ1) is 12.0. The van der Waals surface area contributed by atoms with E-state index < -0.39 is 0 Å². The second-order valence-electron chi connectivity index (χ2n) is 6.09. The lowest BCUT2D eigenvalue weighted by Crippen LogP contribution is -2.39. The molecule has 0 saturated carbocycles. The number of hydrogen-bond donors (Lipinski definition) is 1. The van der Waals surface area contributed by atoms with Crippen LogP contribution >= 0.6 is 11.6 Å². The van der Waals surface area contributed by atoms with Gasteiger partial charge in [-0.25, -0.2) is 4.98 Å². The number of carbonyl (C=O) groups is 2. The summed E-state index contributed by atoms with van der Waals surface area (Å²) in [6.07, 6.45) is 3.93. The van der Waals surface area contributed by atoms with Gasteiger partial charge < -0.3 is 14.6 Å². The minimum Gasteiger partial charge on any atom is -0.443 e. The Morgan fingerprint density at radius 3 is 2.96 bits per heavy atom. The highest BCUT2D eigenvalue weighted by atomic mass is 35.5. The first-order valence-corrected chi connectivity index (χ1v) is 8.64. The highest BCUT2D eigenvalue weighted by molar-refractivity contribution is 6.31. The van der Waals surface area contributed by atoms with Crippen LogP contribution in [0.4, 0.5) is 0 Å². The summed E-state index contributed by atoms with van der Waals surface area (Å²) in [5.41, 5.74) is 0.969. The standard InChI is InChI=1S/C18H20ClN3O3/c1-12(23)20-11-17(24)22-8-4-7-16(22)18-21-10-14(25-18)9-13-5-2-3-6-15(13)19/h2-3,5-6,10,16H,4,7-9,11H2,1H3,(H,20,23). The van der Waals surface area contributed by atoms with Crippen molar-refractivity contribution in [2.24, 2.45) is 0 Å². The zero-order chi connectivity index (χ0) is 17.8. The van der Waals surface area contributed by atoms with Gasteiger partial charge in [-0.1, -0.05) is 29.8 Å². The fourth-order valence-corrected chi connectivity index (χ4v) is 3.21. The maximum absolute atomic E-state index is 12.3. The molecule has 0 radical (unpaired) electrons. The van der Waals surface area contributed by atoms with Crippen molar-refractivity contribution in [3.05, 3.63) is 52.7 Å². The number of nitrogens with one attached hydrogen (secondary N) is 1. The number of oxazole rings is 1. The van der Waals surface area contributed by atoms with Crippen molar-refractivity contribution < 1.29 is 14.0 Å². The Labute approximate surface area is 151 Å². The number of benzene rings is 1. The Bertz CT molecular complexity index is 774. The molecule has 2 aromatic rings. The van der Waals surface area contributed by atoms with E-state index in [1.165, 1.54) is 6.92 Å². The maximum Gasteiger partial charge on any atom is 0.242 e. The number of halogens is 1. The molecule has 1 aromatic heterocycles. The Morgan fingerprint density at radius 1 is 1.40 bits per heavy atom. The third-order valence-electron chi connectivity index (χ3n) is 4.24. The summed E-state index contributed by atoms with van der Waals surface area (Å²) in [6, 6.07) is 7.42. The van der Waals surface area contributed by atoms with E-state index in [1.807, 2.05) is 24.3 Å². The predicted octanol–water partition coefficient (Wildman–Crippen LogP) is 2.72. The fraction of sp³-hybridized carbons (Fsp3) is 0.389. The minimum absolute atomic E-state index is 0.000970. The van der Waals surface area contributed by atoms with Gasteiger partial charge in [-0.15, -0.1) is 0 Å². The number of rotatable bonds is 5. The summed E-state index contributed by atoms with van der Waals surface area (Å²) in [6.45, 7) is 2.04. The quantitative estimate of drug-likeness (QED) is 0.888. The van der Waals surface area contributed by atoms with Crippen molar-refractivity contribution in [3.63, 3.8) is 0 Å². The van der Waals surface area contributed by atoms with Crippen LogP contribution in [0.2, 0.25) is 5.02 Å². The molecule has 0 spiro atoms. The molecule has 0 aliphatic carbocycles. The molecule has 6 nitrogen and oxygen atoms in total. The van der Waals surface area contributed by atoms with E-state index >= 15 is 0 Å². The Hall–Kier alpha value is -2.34. The van der Waals surface area contributed by atoms with E-state index in [0.29, 0.717) is 29.6 Å². The molecule has 1 unspecified atom stereocenters. The van der Waals surface area contributed by atoms with Gasteiger partial charge in [0.1, 0.15) is 11.8 Å². The van der Waals surface area contributed by atoms with E-state index in [0.717, 1.165) is 18.4 Å². The molecule has 2 heterocycles. The van der Waals surface area contributed by atoms with Crippen molar-refractivity contribution in [1.29, 1.82) is 0 Å². The van der Waals surface area contributed by atoms with Crippen LogP contribution in [0.1, 0.15) is 43.0 Å². The van der Waals surface area contributed by atoms with Crippen molar-refractivity contribution in [2.75, 3.05) is 13.1 Å². The van der Waals surface area contributed by atoms with Crippen LogP contribution in [0, 0.1) is 0 Å². The molecule has 1 aliphatic heterocycles. The third kappa shape index (κ3) is 4.20. The zero-order valence-corrected chi connectivity index (χ0v) is 14.8. The summed E-state index contributed by atoms with van der Waals surface area (Å²) >= 11 is 6.18. The smallest absolute Gasteiger partial charge is 0.242 e. The van der Waals surface area contributed by atoms with Crippen LogP contribution in [0.3, 0.4) is 0 Å². The average molecular weight is 362 g/mol. The van der Waals surface area contributed by atoms with Crippen molar-refractivity contribution in [2.45, 2.75) is 32.2 Å². The van der Waals surface area contributed by atoms with Gasteiger partial charge in [0.25, 0.3) is 0 Å². The molecule has 1 fully saturated rings. The molecule has 1 aromatic carbocycles. The van der Waals surface area contributed by atoms with Gasteiger partial charge in [-0.3, -0.25) is 9.59 Å². The molecule has 25 heavy (non-hydrogen) atoms. The van der Waals surface area contributed by atoms with E-state index in [2.05, 4.69) is 10.3 Å². The first kappa shape index (κ1) is 17.5. The largest absolute Gasteiger partial charge is 0.443 e. The lowest BCUT2D eigenvalue weighted by Gasteiger charge is -2.22. The van der Waals surface area contributed by atoms with Gasteiger partial charge in [-0.05, 0) is 24.5 Å². The van der Waals surface area contributed by atoms with E-state index in [1.54, 1.807) is 11.1 Å². The molecule has 0 bridgehead atoms. The molecule has 3 rings (SSSR count). The van der Waals surface area contributed by atoms with E-state index in [-0.39, 0.29) is 24.4 Å². The Kier molecular flexibility index (Phi) is 5.38. The molecule has 7 heteroatoms. The number of carbonyl (C=O) groups excluding carboxylic acids is 2. The van der Waals surface area contributed by atoms with Gasteiger partial charge in [0.2, 0.25) is 17.7 Å². The number of nitrogens with zero attached hydrogens (tertiary/aromatic N) is 2. The number of likely N-dealkylation sites (tertiary alicyclic amines) is 1. The van der Waals surface area contributed by atoms with Gasteiger partial charge in [-0.2, -0.15) is 0 Å². The van der Waals surface area contributed by atoms with Gasteiger partial charge in [0.05, 0.1) is 12.7 Å². The molecular weight excluding hydrogens is 342 g/mol. The lowest BCUT2D eigenvalue weighted by atomic mass is 10.1. The average Bonchev–Trinajstić information content (AvgIpc) is 3.23. The monoisotopic (exact) mass is 361 g/mol. The van der Waals surface area contributed by atoms with Crippen LogP contribution in [0.25, 0.3) is 0 Å². The fourth-order valence-electron chi connectivity index (χ4n) is 3.01. The maximum atomic E-state index is 12.3. The molecule has 132 valence electrons. The van der Waals surface area contributed by atoms with Gasteiger partial charge in [0.15, 0.2) is 0 Å². The van der Waals surface area contributed by atoms with E-state index in [9.17, 15) is 9.59 Å². The zero-order valence-electron chi connectivity index (χ0n) is 14.0. The molecule has 1 saturated heterocycles. The molecule has 1 atom stereocenters. The Morgan fingerprint density at radius 2 is 2.20 bits per heavy atom. The normalized spacial score (nSPS) is 16.9. The second kappa shape index (κ2) is 7.70.